The van der Waals surface area contributed by atoms with Gasteiger partial charge in [0.1, 0.15) is 12.2 Å². The summed E-state index contributed by atoms with van der Waals surface area (Å²) in [7, 11) is 0. The summed E-state index contributed by atoms with van der Waals surface area (Å²) < 4.78 is 0. The maximum atomic E-state index is 6.22. The highest BCUT2D eigenvalue weighted by Crippen LogP contribution is 2.35. The molecule has 5 rings (SSSR count). The monoisotopic (exact) mass is 399 g/mol. The third kappa shape index (κ3) is 3.25. The number of nitrogens with zero attached hydrogens (tertiary/aromatic N) is 5. The van der Waals surface area contributed by atoms with E-state index in [1.807, 2.05) is 18.6 Å². The van der Waals surface area contributed by atoms with Crippen molar-refractivity contribution in [1.29, 1.82) is 0 Å². The lowest BCUT2D eigenvalue weighted by Gasteiger charge is -2.31. The molecule has 2 aliphatic carbocycles. The highest BCUT2D eigenvalue weighted by atomic mass is 35.5. The molecular weight excluding hydrogens is 378 g/mol. The van der Waals surface area contributed by atoms with Gasteiger partial charge in [-0.1, -0.05) is 17.7 Å². The fourth-order valence-corrected chi connectivity index (χ4v) is 5.08. The first-order chi connectivity index (χ1) is 13.2. The molecule has 4 aliphatic rings. The van der Waals surface area contributed by atoms with Crippen LogP contribution in [0.25, 0.3) is 5.57 Å². The lowest BCUT2D eigenvalue weighted by atomic mass is 9.92. The molecule has 1 aromatic heterocycles. The molecule has 2 aliphatic heterocycles. The van der Waals surface area contributed by atoms with Crippen molar-refractivity contribution in [2.24, 2.45) is 16.0 Å². The van der Waals surface area contributed by atoms with Crippen LogP contribution < -0.4 is 0 Å². The number of aromatic nitrogens is 1. The lowest BCUT2D eigenvalue weighted by molar-refractivity contribution is 0.223. The van der Waals surface area contributed by atoms with E-state index in [1.54, 1.807) is 11.3 Å². The second-order valence-corrected chi connectivity index (χ2v) is 9.05. The van der Waals surface area contributed by atoms with Gasteiger partial charge in [0, 0.05) is 28.6 Å². The average Bonchev–Trinajstić information content (AvgIpc) is 3.24. The SMILES string of the molecule is Cc1nc(C2=CCC(N3N=CN4CC5CCC(Cl)=CC5=NC=C43)CC2)cs1. The second kappa shape index (κ2) is 6.91. The van der Waals surface area contributed by atoms with Crippen molar-refractivity contribution in [1.82, 2.24) is 14.9 Å². The number of halogens is 1. The molecule has 0 radical (unpaired) electrons. The van der Waals surface area contributed by atoms with Crippen molar-refractivity contribution in [2.45, 2.75) is 45.1 Å². The Labute approximate surface area is 168 Å². The zero-order chi connectivity index (χ0) is 18.4. The van der Waals surface area contributed by atoms with Crippen LogP contribution in [0.4, 0.5) is 0 Å². The Morgan fingerprint density at radius 3 is 2.96 bits per heavy atom. The third-order valence-corrected chi connectivity index (χ3v) is 6.79. The summed E-state index contributed by atoms with van der Waals surface area (Å²) in [6.45, 7) is 2.99. The predicted octanol–water partition coefficient (Wildman–Crippen LogP) is 4.73. The first-order valence-electron chi connectivity index (χ1n) is 9.53. The van der Waals surface area contributed by atoms with Crippen LogP contribution in [0.5, 0.6) is 0 Å². The summed E-state index contributed by atoms with van der Waals surface area (Å²) in [5.74, 6) is 1.52. The van der Waals surface area contributed by atoms with Crippen LogP contribution in [0.1, 0.15) is 42.8 Å². The first kappa shape index (κ1) is 17.2. The molecule has 2 atom stereocenters. The molecule has 5 nitrogen and oxygen atoms in total. The molecule has 0 saturated heterocycles. The maximum Gasteiger partial charge on any atom is 0.149 e. The Morgan fingerprint density at radius 1 is 1.26 bits per heavy atom. The topological polar surface area (TPSA) is 44.1 Å². The molecule has 2 unspecified atom stereocenters. The van der Waals surface area contributed by atoms with Gasteiger partial charge in [0.2, 0.25) is 0 Å². The third-order valence-electron chi connectivity index (χ3n) is 5.72. The fraction of sp³-hybridized carbons (Fsp3) is 0.450. The van der Waals surface area contributed by atoms with E-state index in [0.717, 1.165) is 65.9 Å². The summed E-state index contributed by atoms with van der Waals surface area (Å²) in [4.78, 5) is 11.6. The molecule has 0 amide bonds. The van der Waals surface area contributed by atoms with Crippen LogP contribution in [0, 0.1) is 12.8 Å². The lowest BCUT2D eigenvalue weighted by Crippen LogP contribution is -2.35. The quantitative estimate of drug-likeness (QED) is 0.721. The number of hydrazone groups is 1. The van der Waals surface area contributed by atoms with E-state index in [-0.39, 0.29) is 0 Å². The van der Waals surface area contributed by atoms with Gasteiger partial charge in [-0.25, -0.2) is 9.99 Å². The largest absolute Gasteiger partial charge is 0.314 e. The van der Waals surface area contributed by atoms with Crippen molar-refractivity contribution in [2.75, 3.05) is 6.54 Å². The number of hydrogen-bond donors (Lipinski definition) is 0. The molecule has 140 valence electrons. The zero-order valence-corrected chi connectivity index (χ0v) is 16.9. The van der Waals surface area contributed by atoms with Crippen LogP contribution >= 0.6 is 22.9 Å². The van der Waals surface area contributed by atoms with E-state index < -0.39 is 0 Å². The first-order valence-corrected chi connectivity index (χ1v) is 10.8. The fourth-order valence-electron chi connectivity index (χ4n) is 4.22. The normalized spacial score (nSPS) is 27.3. The molecule has 0 bridgehead atoms. The molecule has 0 fully saturated rings. The van der Waals surface area contributed by atoms with Gasteiger partial charge in [-0.15, -0.1) is 11.3 Å². The molecule has 0 aromatic carbocycles. The van der Waals surface area contributed by atoms with Crippen LogP contribution in [0.15, 0.2) is 44.7 Å². The number of allylic oxidation sites excluding steroid dienone is 3. The van der Waals surface area contributed by atoms with Crippen molar-refractivity contribution in [3.8, 4) is 0 Å². The minimum Gasteiger partial charge on any atom is -0.314 e. The van der Waals surface area contributed by atoms with Crippen LogP contribution in [0.3, 0.4) is 0 Å². The van der Waals surface area contributed by atoms with Crippen molar-refractivity contribution < 1.29 is 0 Å². The van der Waals surface area contributed by atoms with E-state index in [9.17, 15) is 0 Å². The number of rotatable bonds is 2. The van der Waals surface area contributed by atoms with Crippen molar-refractivity contribution >= 4 is 40.6 Å². The van der Waals surface area contributed by atoms with Gasteiger partial charge in [-0.05, 0) is 50.7 Å². The Hall–Kier alpha value is -1.92. The minimum atomic E-state index is 0.375. The summed E-state index contributed by atoms with van der Waals surface area (Å²) in [5, 5.41) is 11.1. The van der Waals surface area contributed by atoms with E-state index in [1.165, 1.54) is 5.57 Å². The highest BCUT2D eigenvalue weighted by Gasteiger charge is 2.33. The van der Waals surface area contributed by atoms with E-state index >= 15 is 0 Å². The van der Waals surface area contributed by atoms with Crippen LogP contribution in [-0.2, 0) is 0 Å². The Morgan fingerprint density at radius 2 is 2.19 bits per heavy atom. The Bertz CT molecular complexity index is 909. The molecule has 0 spiro atoms. The van der Waals surface area contributed by atoms with Gasteiger partial charge in [0.25, 0.3) is 0 Å². The van der Waals surface area contributed by atoms with Gasteiger partial charge in [0.15, 0.2) is 0 Å². The van der Waals surface area contributed by atoms with Crippen LogP contribution in [0.2, 0.25) is 0 Å². The van der Waals surface area contributed by atoms with Gasteiger partial charge >= 0.3 is 0 Å². The van der Waals surface area contributed by atoms with Crippen LogP contribution in [-0.4, -0.2) is 39.5 Å². The zero-order valence-electron chi connectivity index (χ0n) is 15.3. The Kier molecular flexibility index (Phi) is 4.40. The van der Waals surface area contributed by atoms with Gasteiger partial charge in [-0.2, -0.15) is 5.10 Å². The molecular formula is C20H22ClN5S. The predicted molar refractivity (Wildman–Crippen MR) is 112 cm³/mol. The Balaban J connectivity index is 1.34. The number of hydrogen-bond acceptors (Lipinski definition) is 6. The van der Waals surface area contributed by atoms with E-state index in [4.69, 9.17) is 21.7 Å². The van der Waals surface area contributed by atoms with E-state index in [0.29, 0.717) is 12.0 Å². The molecule has 7 heteroatoms. The van der Waals surface area contributed by atoms with E-state index in [2.05, 4.69) is 33.3 Å². The standard InChI is InChI=1S/C20H22ClN5S/c1-13-24-19(11-27-13)14-3-6-17(7-4-14)26-20-9-22-18-8-16(21)5-2-15(18)10-25(20)12-23-26/h3,8-9,11-12,15,17H,2,4-7,10H2,1H3. The summed E-state index contributed by atoms with van der Waals surface area (Å²) in [6.07, 6.45) is 13.4. The van der Waals surface area contributed by atoms with Crippen molar-refractivity contribution in [3.63, 3.8) is 0 Å². The van der Waals surface area contributed by atoms with Gasteiger partial charge < -0.3 is 4.90 Å². The molecule has 0 N–H and O–H groups in total. The summed E-state index contributed by atoms with van der Waals surface area (Å²) >= 11 is 7.95. The minimum absolute atomic E-state index is 0.375. The van der Waals surface area contributed by atoms with Crippen molar-refractivity contribution in [3.05, 3.63) is 45.3 Å². The molecule has 27 heavy (non-hydrogen) atoms. The molecule has 3 heterocycles. The average molecular weight is 400 g/mol. The molecule has 1 aromatic rings. The summed E-state index contributed by atoms with van der Waals surface area (Å²) in [5.41, 5.74) is 3.62. The highest BCUT2D eigenvalue weighted by molar-refractivity contribution is 7.09. The summed E-state index contributed by atoms with van der Waals surface area (Å²) in [6, 6.07) is 0.375. The molecule has 0 saturated carbocycles. The maximum absolute atomic E-state index is 6.22. The van der Waals surface area contributed by atoms with Gasteiger partial charge in [0.05, 0.1) is 22.9 Å². The number of aliphatic imine (C=N–C) groups is 1. The number of fused-ring (bicyclic) bond motifs is 2. The number of aryl methyl sites for hydroxylation is 1. The second-order valence-electron chi connectivity index (χ2n) is 7.51. The smallest absolute Gasteiger partial charge is 0.149 e. The van der Waals surface area contributed by atoms with Gasteiger partial charge in [-0.3, -0.25) is 4.99 Å². The number of thiazole rings is 1.